The van der Waals surface area contributed by atoms with Crippen LogP contribution in [0.15, 0.2) is 54.6 Å². The summed E-state index contributed by atoms with van der Waals surface area (Å²) >= 11 is 2.19. The van der Waals surface area contributed by atoms with E-state index in [2.05, 4.69) is 22.6 Å². The van der Waals surface area contributed by atoms with Crippen LogP contribution >= 0.6 is 22.6 Å². The average molecular weight is 406 g/mol. The Morgan fingerprint density at radius 3 is 2.27 bits per heavy atom. The molecule has 1 aliphatic rings. The van der Waals surface area contributed by atoms with Gasteiger partial charge in [-0.15, -0.1) is 0 Å². The normalized spacial score (nSPS) is 18.2. The lowest BCUT2D eigenvalue weighted by Gasteiger charge is -2.19. The molecule has 3 rings (SSSR count). The molecular weight excluding hydrogens is 391 g/mol. The van der Waals surface area contributed by atoms with Crippen LogP contribution < -0.4 is 4.90 Å². The SMILES string of the molecule is C[C@H]1C(=O)N(c2ccc(I)cc2)C(=O)N1Cc1ccccc1. The van der Waals surface area contributed by atoms with Crippen molar-refractivity contribution in [2.75, 3.05) is 4.90 Å². The highest BCUT2D eigenvalue weighted by Gasteiger charge is 2.43. The highest BCUT2D eigenvalue weighted by Crippen LogP contribution is 2.27. The summed E-state index contributed by atoms with van der Waals surface area (Å²) in [4.78, 5) is 28.0. The summed E-state index contributed by atoms with van der Waals surface area (Å²) in [6.07, 6.45) is 0. The molecule has 22 heavy (non-hydrogen) atoms. The molecule has 0 aromatic heterocycles. The van der Waals surface area contributed by atoms with Gasteiger partial charge in [-0.3, -0.25) is 4.79 Å². The number of hydrogen-bond donors (Lipinski definition) is 0. The van der Waals surface area contributed by atoms with Crippen LogP contribution in [0.3, 0.4) is 0 Å². The van der Waals surface area contributed by atoms with Crippen molar-refractivity contribution in [2.45, 2.75) is 19.5 Å². The number of benzene rings is 2. The Hall–Kier alpha value is -1.89. The second-order valence-electron chi connectivity index (χ2n) is 5.22. The lowest BCUT2D eigenvalue weighted by atomic mass is 10.2. The van der Waals surface area contributed by atoms with Gasteiger partial charge >= 0.3 is 6.03 Å². The predicted octanol–water partition coefficient (Wildman–Crippen LogP) is 3.65. The first-order chi connectivity index (χ1) is 10.6. The minimum absolute atomic E-state index is 0.179. The van der Waals surface area contributed by atoms with Crippen molar-refractivity contribution in [3.63, 3.8) is 0 Å². The van der Waals surface area contributed by atoms with E-state index in [9.17, 15) is 9.59 Å². The molecule has 0 spiro atoms. The van der Waals surface area contributed by atoms with Gasteiger partial charge in [-0.25, -0.2) is 9.69 Å². The minimum Gasteiger partial charge on any atom is -0.308 e. The second kappa shape index (κ2) is 6.08. The van der Waals surface area contributed by atoms with Gasteiger partial charge in [0.25, 0.3) is 5.91 Å². The van der Waals surface area contributed by atoms with E-state index in [1.54, 1.807) is 24.0 Å². The summed E-state index contributed by atoms with van der Waals surface area (Å²) in [5.41, 5.74) is 1.64. The third kappa shape index (κ3) is 2.72. The third-order valence-electron chi connectivity index (χ3n) is 3.76. The largest absolute Gasteiger partial charge is 0.332 e. The Kier molecular flexibility index (Phi) is 4.15. The summed E-state index contributed by atoms with van der Waals surface area (Å²) in [5.74, 6) is -0.179. The number of anilines is 1. The molecule has 3 amide bonds. The number of hydrogen-bond acceptors (Lipinski definition) is 2. The molecule has 2 aromatic carbocycles. The Morgan fingerprint density at radius 2 is 1.64 bits per heavy atom. The monoisotopic (exact) mass is 406 g/mol. The lowest BCUT2D eigenvalue weighted by Crippen LogP contribution is -2.33. The van der Waals surface area contributed by atoms with E-state index in [4.69, 9.17) is 0 Å². The van der Waals surface area contributed by atoms with Crippen LogP contribution in [0.25, 0.3) is 0 Å². The summed E-state index contributed by atoms with van der Waals surface area (Å²) in [7, 11) is 0. The topological polar surface area (TPSA) is 40.6 Å². The zero-order chi connectivity index (χ0) is 15.7. The molecule has 1 saturated heterocycles. The van der Waals surface area contributed by atoms with E-state index in [-0.39, 0.29) is 11.9 Å². The zero-order valence-electron chi connectivity index (χ0n) is 12.1. The standard InChI is InChI=1S/C17H15IN2O2/c1-12-16(21)20(15-9-7-14(18)8-10-15)17(22)19(12)11-13-5-3-2-4-6-13/h2-10,12H,11H2,1H3/t12-/m0/s1. The van der Waals surface area contributed by atoms with E-state index in [1.807, 2.05) is 42.5 Å². The molecule has 112 valence electrons. The van der Waals surface area contributed by atoms with Crippen molar-refractivity contribution in [3.8, 4) is 0 Å². The quantitative estimate of drug-likeness (QED) is 0.577. The van der Waals surface area contributed by atoms with Gasteiger partial charge in [0.05, 0.1) is 5.69 Å². The van der Waals surface area contributed by atoms with Crippen molar-refractivity contribution in [3.05, 3.63) is 63.7 Å². The Morgan fingerprint density at radius 1 is 1.00 bits per heavy atom. The van der Waals surface area contributed by atoms with Crippen LogP contribution in [0.5, 0.6) is 0 Å². The van der Waals surface area contributed by atoms with Crippen molar-refractivity contribution < 1.29 is 9.59 Å². The van der Waals surface area contributed by atoms with E-state index in [1.165, 1.54) is 4.90 Å². The summed E-state index contributed by atoms with van der Waals surface area (Å²) in [6.45, 7) is 2.21. The fourth-order valence-electron chi connectivity index (χ4n) is 2.52. The number of imide groups is 1. The molecule has 4 nitrogen and oxygen atoms in total. The average Bonchev–Trinajstić information content (AvgIpc) is 2.73. The second-order valence-corrected chi connectivity index (χ2v) is 6.47. The number of carbonyl (C=O) groups excluding carboxylic acids is 2. The van der Waals surface area contributed by atoms with Crippen molar-refractivity contribution >= 4 is 40.2 Å². The first-order valence-corrected chi connectivity index (χ1v) is 8.10. The van der Waals surface area contributed by atoms with Crippen LogP contribution in [0.4, 0.5) is 10.5 Å². The van der Waals surface area contributed by atoms with Gasteiger partial charge < -0.3 is 4.90 Å². The molecule has 5 heteroatoms. The zero-order valence-corrected chi connectivity index (χ0v) is 14.2. The number of urea groups is 1. The Labute approximate surface area is 142 Å². The van der Waals surface area contributed by atoms with E-state index < -0.39 is 6.04 Å². The highest BCUT2D eigenvalue weighted by atomic mass is 127. The Balaban J connectivity index is 1.87. The molecule has 1 atom stereocenters. The number of amides is 3. The van der Waals surface area contributed by atoms with Gasteiger partial charge in [0.1, 0.15) is 6.04 Å². The van der Waals surface area contributed by atoms with Crippen LogP contribution in [0.1, 0.15) is 12.5 Å². The summed E-state index contributed by atoms with van der Waals surface area (Å²) in [5, 5.41) is 0. The predicted molar refractivity (Wildman–Crippen MR) is 93.5 cm³/mol. The van der Waals surface area contributed by atoms with E-state index >= 15 is 0 Å². The van der Waals surface area contributed by atoms with Gasteiger partial charge in [0.15, 0.2) is 0 Å². The van der Waals surface area contributed by atoms with Gasteiger partial charge in [-0.1, -0.05) is 30.3 Å². The molecule has 2 aromatic rings. The van der Waals surface area contributed by atoms with Crippen molar-refractivity contribution in [2.24, 2.45) is 0 Å². The molecule has 0 aliphatic carbocycles. The van der Waals surface area contributed by atoms with Crippen molar-refractivity contribution in [1.82, 2.24) is 4.90 Å². The van der Waals surface area contributed by atoms with Crippen molar-refractivity contribution in [1.29, 1.82) is 0 Å². The Bertz CT molecular complexity index is 700. The summed E-state index contributed by atoms with van der Waals surface area (Å²) in [6, 6.07) is 16.4. The van der Waals surface area contributed by atoms with Gasteiger partial charge in [-0.2, -0.15) is 0 Å². The molecule has 1 aliphatic heterocycles. The first-order valence-electron chi connectivity index (χ1n) is 7.02. The maximum Gasteiger partial charge on any atom is 0.332 e. The van der Waals surface area contributed by atoms with Gasteiger partial charge in [-0.05, 0) is 59.3 Å². The molecule has 0 saturated carbocycles. The van der Waals surface area contributed by atoms with Gasteiger partial charge in [0.2, 0.25) is 0 Å². The minimum atomic E-state index is -0.452. The molecule has 0 unspecified atom stereocenters. The fraction of sp³-hybridized carbons (Fsp3) is 0.176. The van der Waals surface area contributed by atoms with Crippen LogP contribution in [-0.4, -0.2) is 22.9 Å². The maximum atomic E-state index is 12.6. The number of rotatable bonds is 3. The summed E-state index contributed by atoms with van der Waals surface area (Å²) < 4.78 is 1.06. The molecular formula is C17H15IN2O2. The maximum absolute atomic E-state index is 12.6. The van der Waals surface area contributed by atoms with Crippen LogP contribution in [0.2, 0.25) is 0 Å². The number of nitrogens with zero attached hydrogens (tertiary/aromatic N) is 2. The molecule has 0 bridgehead atoms. The fourth-order valence-corrected chi connectivity index (χ4v) is 2.88. The number of halogens is 1. The van der Waals surface area contributed by atoms with E-state index in [0.29, 0.717) is 12.2 Å². The molecule has 0 radical (unpaired) electrons. The van der Waals surface area contributed by atoms with E-state index in [0.717, 1.165) is 9.13 Å². The molecule has 1 heterocycles. The third-order valence-corrected chi connectivity index (χ3v) is 4.48. The molecule has 1 fully saturated rings. The number of carbonyl (C=O) groups is 2. The van der Waals surface area contributed by atoms with Gasteiger partial charge in [0, 0.05) is 10.1 Å². The smallest absolute Gasteiger partial charge is 0.308 e. The van der Waals surface area contributed by atoms with Crippen LogP contribution in [-0.2, 0) is 11.3 Å². The van der Waals surface area contributed by atoms with Crippen LogP contribution in [0, 0.1) is 3.57 Å². The first kappa shape index (κ1) is 15.0. The molecule has 0 N–H and O–H groups in total. The lowest BCUT2D eigenvalue weighted by molar-refractivity contribution is -0.119. The highest BCUT2D eigenvalue weighted by molar-refractivity contribution is 14.1.